The van der Waals surface area contributed by atoms with Crippen LogP contribution in [0.15, 0.2) is 24.4 Å². The highest BCUT2D eigenvalue weighted by atomic mass is 16.6. The average Bonchev–Trinajstić information content (AvgIpc) is 3.28. The predicted octanol–water partition coefficient (Wildman–Crippen LogP) is 1.45. The van der Waals surface area contributed by atoms with Gasteiger partial charge in [0.05, 0.1) is 12.1 Å². The van der Waals surface area contributed by atoms with Crippen LogP contribution in [0.4, 0.5) is 0 Å². The summed E-state index contributed by atoms with van der Waals surface area (Å²) in [6.07, 6.45) is 4.16. The highest BCUT2D eigenvalue weighted by molar-refractivity contribution is 5.79. The summed E-state index contributed by atoms with van der Waals surface area (Å²) in [6.45, 7) is 4.40. The topological polar surface area (TPSA) is 76.6 Å². The molecule has 7 heteroatoms. The number of benzene rings is 1. The molecule has 1 aromatic heterocycles. The second-order valence-electron chi connectivity index (χ2n) is 7.61. The summed E-state index contributed by atoms with van der Waals surface area (Å²) >= 11 is 0. The van der Waals surface area contributed by atoms with Crippen molar-refractivity contribution >= 4 is 5.91 Å². The fourth-order valence-corrected chi connectivity index (χ4v) is 4.10. The SMILES string of the molecule is O=C(Cc1ccc2c(c1)OCCO2)N1CCc2nc(C3CCNC3)ncc2C1. The van der Waals surface area contributed by atoms with Gasteiger partial charge in [-0.15, -0.1) is 0 Å². The van der Waals surface area contributed by atoms with Crippen molar-refractivity contribution in [3.05, 3.63) is 47.0 Å². The maximum atomic E-state index is 12.8. The van der Waals surface area contributed by atoms with Gasteiger partial charge in [-0.25, -0.2) is 9.97 Å². The van der Waals surface area contributed by atoms with Crippen LogP contribution < -0.4 is 14.8 Å². The zero-order chi connectivity index (χ0) is 18.9. The summed E-state index contributed by atoms with van der Waals surface area (Å²) in [5, 5.41) is 3.37. The van der Waals surface area contributed by atoms with Crippen LogP contribution in [0.5, 0.6) is 11.5 Å². The zero-order valence-corrected chi connectivity index (χ0v) is 15.8. The molecule has 2 aromatic rings. The lowest BCUT2D eigenvalue weighted by atomic mass is 10.0. The first kappa shape index (κ1) is 17.4. The molecule has 1 aromatic carbocycles. The quantitative estimate of drug-likeness (QED) is 0.869. The van der Waals surface area contributed by atoms with Crippen molar-refractivity contribution in [2.75, 3.05) is 32.8 Å². The number of hydrogen-bond acceptors (Lipinski definition) is 6. The van der Waals surface area contributed by atoms with Crippen molar-refractivity contribution < 1.29 is 14.3 Å². The van der Waals surface area contributed by atoms with Gasteiger partial charge in [0.25, 0.3) is 0 Å². The van der Waals surface area contributed by atoms with Crippen LogP contribution in [0.25, 0.3) is 0 Å². The van der Waals surface area contributed by atoms with Crippen LogP contribution in [0.3, 0.4) is 0 Å². The first-order valence-electron chi connectivity index (χ1n) is 9.98. The van der Waals surface area contributed by atoms with E-state index < -0.39 is 0 Å². The Morgan fingerprint density at radius 3 is 3.00 bits per heavy atom. The fraction of sp³-hybridized carbons (Fsp3) is 0.476. The third-order valence-electron chi connectivity index (χ3n) is 5.69. The number of fused-ring (bicyclic) bond motifs is 2. The number of ether oxygens (including phenoxy) is 2. The van der Waals surface area contributed by atoms with Gasteiger partial charge in [-0.1, -0.05) is 6.07 Å². The summed E-state index contributed by atoms with van der Waals surface area (Å²) in [5.74, 6) is 2.95. The van der Waals surface area contributed by atoms with Gasteiger partial charge in [-0.3, -0.25) is 4.79 Å². The summed E-state index contributed by atoms with van der Waals surface area (Å²) in [5.41, 5.74) is 3.11. The first-order chi connectivity index (χ1) is 13.8. The minimum absolute atomic E-state index is 0.117. The van der Waals surface area contributed by atoms with Crippen LogP contribution in [0.1, 0.15) is 35.0 Å². The van der Waals surface area contributed by atoms with Crippen molar-refractivity contribution in [1.29, 1.82) is 0 Å². The molecule has 146 valence electrons. The Labute approximate surface area is 164 Å². The number of carbonyl (C=O) groups is 1. The summed E-state index contributed by atoms with van der Waals surface area (Å²) < 4.78 is 11.2. The Kier molecular flexibility index (Phi) is 4.60. The third kappa shape index (κ3) is 3.42. The van der Waals surface area contributed by atoms with Crippen molar-refractivity contribution in [3.63, 3.8) is 0 Å². The maximum Gasteiger partial charge on any atom is 0.227 e. The van der Waals surface area contributed by atoms with Crippen LogP contribution in [-0.4, -0.2) is 53.6 Å². The minimum Gasteiger partial charge on any atom is -0.486 e. The molecule has 1 N–H and O–H groups in total. The van der Waals surface area contributed by atoms with Crippen molar-refractivity contribution in [2.45, 2.75) is 31.7 Å². The molecule has 28 heavy (non-hydrogen) atoms. The normalized spacial score (nSPS) is 20.7. The Morgan fingerprint density at radius 2 is 2.14 bits per heavy atom. The van der Waals surface area contributed by atoms with Gasteiger partial charge >= 0.3 is 0 Å². The summed E-state index contributed by atoms with van der Waals surface area (Å²) in [4.78, 5) is 24.1. The van der Waals surface area contributed by atoms with E-state index in [0.29, 0.717) is 38.6 Å². The molecule has 1 saturated heterocycles. The zero-order valence-electron chi connectivity index (χ0n) is 15.8. The summed E-state index contributed by atoms with van der Waals surface area (Å²) in [7, 11) is 0. The Morgan fingerprint density at radius 1 is 1.25 bits per heavy atom. The molecule has 3 aliphatic rings. The van der Waals surface area contributed by atoms with E-state index in [0.717, 1.165) is 60.1 Å². The second-order valence-corrected chi connectivity index (χ2v) is 7.61. The standard InChI is InChI=1S/C21H24N4O3/c26-20(10-14-1-2-18-19(9-14)28-8-7-27-18)25-6-4-17-16(13-25)12-23-21(24-17)15-3-5-22-11-15/h1-2,9,12,15,22H,3-8,10-11,13H2. The van der Waals surface area contributed by atoms with E-state index in [2.05, 4.69) is 10.3 Å². The molecule has 0 saturated carbocycles. The highest BCUT2D eigenvalue weighted by Gasteiger charge is 2.25. The van der Waals surface area contributed by atoms with Crippen molar-refractivity contribution in [3.8, 4) is 11.5 Å². The van der Waals surface area contributed by atoms with E-state index in [-0.39, 0.29) is 5.91 Å². The molecule has 5 rings (SSSR count). The average molecular weight is 380 g/mol. The highest BCUT2D eigenvalue weighted by Crippen LogP contribution is 2.31. The monoisotopic (exact) mass is 380 g/mol. The number of rotatable bonds is 3. The maximum absolute atomic E-state index is 12.8. The number of amides is 1. The molecule has 1 amide bonds. The van der Waals surface area contributed by atoms with Crippen LogP contribution in [-0.2, 0) is 24.2 Å². The molecule has 0 aliphatic carbocycles. The number of hydrogen-bond donors (Lipinski definition) is 1. The number of nitrogens with zero attached hydrogens (tertiary/aromatic N) is 3. The lowest BCUT2D eigenvalue weighted by Crippen LogP contribution is -2.37. The first-order valence-corrected chi connectivity index (χ1v) is 9.98. The molecule has 0 bridgehead atoms. The van der Waals surface area contributed by atoms with E-state index in [1.54, 1.807) is 0 Å². The van der Waals surface area contributed by atoms with E-state index in [9.17, 15) is 4.79 Å². The molecule has 3 aliphatic heterocycles. The van der Waals surface area contributed by atoms with Crippen LogP contribution >= 0.6 is 0 Å². The smallest absolute Gasteiger partial charge is 0.227 e. The van der Waals surface area contributed by atoms with Gasteiger partial charge in [0.2, 0.25) is 5.91 Å². The van der Waals surface area contributed by atoms with E-state index in [4.69, 9.17) is 14.5 Å². The van der Waals surface area contributed by atoms with Crippen molar-refractivity contribution in [2.24, 2.45) is 0 Å². The molecule has 1 atom stereocenters. The molecule has 1 unspecified atom stereocenters. The van der Waals surface area contributed by atoms with E-state index in [1.165, 1.54) is 0 Å². The summed E-state index contributed by atoms with van der Waals surface area (Å²) in [6, 6.07) is 5.74. The molecular formula is C21H24N4O3. The minimum atomic E-state index is 0.117. The van der Waals surface area contributed by atoms with Crippen molar-refractivity contribution in [1.82, 2.24) is 20.2 Å². The van der Waals surface area contributed by atoms with Crippen LogP contribution in [0, 0.1) is 0 Å². The Hall–Kier alpha value is -2.67. The molecule has 0 spiro atoms. The number of nitrogens with one attached hydrogen (secondary N) is 1. The van der Waals surface area contributed by atoms with Crippen LogP contribution in [0.2, 0.25) is 0 Å². The Bertz CT molecular complexity index is 895. The van der Waals surface area contributed by atoms with Gasteiger partial charge in [0.15, 0.2) is 11.5 Å². The molecular weight excluding hydrogens is 356 g/mol. The lowest BCUT2D eigenvalue weighted by molar-refractivity contribution is -0.131. The fourth-order valence-electron chi connectivity index (χ4n) is 4.10. The number of carbonyl (C=O) groups excluding carboxylic acids is 1. The molecule has 7 nitrogen and oxygen atoms in total. The third-order valence-corrected chi connectivity index (χ3v) is 5.69. The van der Waals surface area contributed by atoms with Gasteiger partial charge in [0, 0.05) is 43.7 Å². The number of aromatic nitrogens is 2. The van der Waals surface area contributed by atoms with Gasteiger partial charge in [0.1, 0.15) is 19.0 Å². The largest absolute Gasteiger partial charge is 0.486 e. The second kappa shape index (κ2) is 7.39. The lowest BCUT2D eigenvalue weighted by Gasteiger charge is -2.28. The van der Waals surface area contributed by atoms with E-state index in [1.807, 2.05) is 29.3 Å². The molecule has 1 fully saturated rings. The van der Waals surface area contributed by atoms with E-state index >= 15 is 0 Å². The van der Waals surface area contributed by atoms with Gasteiger partial charge < -0.3 is 19.7 Å². The van der Waals surface area contributed by atoms with Gasteiger partial charge in [-0.05, 0) is 30.7 Å². The molecule has 4 heterocycles. The van der Waals surface area contributed by atoms with Gasteiger partial charge in [-0.2, -0.15) is 0 Å². The molecule has 0 radical (unpaired) electrons. The Balaban J connectivity index is 1.26. The predicted molar refractivity (Wildman–Crippen MR) is 103 cm³/mol.